The fourth-order valence-electron chi connectivity index (χ4n) is 6.41. The summed E-state index contributed by atoms with van der Waals surface area (Å²) in [6.07, 6.45) is 0.127. The number of ketones is 5. The number of benzene rings is 1. The predicted molar refractivity (Wildman–Crippen MR) is 135 cm³/mol. The minimum absolute atomic E-state index is 0.0259. The number of aromatic hydroxyl groups is 1. The lowest BCUT2D eigenvalue weighted by molar-refractivity contribution is -0.181. The zero-order valence-corrected chi connectivity index (χ0v) is 21.9. The van der Waals surface area contributed by atoms with Gasteiger partial charge in [-0.2, -0.15) is 0 Å². The first-order valence-corrected chi connectivity index (χ1v) is 12.3. The third kappa shape index (κ3) is 3.81. The van der Waals surface area contributed by atoms with Crippen LogP contribution < -0.4 is 16.0 Å². The molecule has 1 aromatic rings. The second kappa shape index (κ2) is 9.28. The molecule has 4 unspecified atom stereocenters. The highest BCUT2D eigenvalue weighted by atomic mass is 16.3. The summed E-state index contributed by atoms with van der Waals surface area (Å²) in [5.41, 5.74) is 3.61. The minimum Gasteiger partial charge on any atom is -0.505 e. The number of phenolic OH excluding ortho intramolecular Hbond substituents is 1. The molecule has 12 nitrogen and oxygen atoms in total. The lowest BCUT2D eigenvalue weighted by Crippen LogP contribution is -2.74. The molecule has 4 rings (SSSR count). The van der Waals surface area contributed by atoms with Gasteiger partial charge in [0.15, 0.2) is 34.7 Å². The predicted octanol–water partition coefficient (Wildman–Crippen LogP) is -1.07. The maximum Gasteiger partial charge on any atom is 0.235 e. The Kier molecular flexibility index (Phi) is 6.69. The topological polar surface area (TPSA) is 187 Å². The third-order valence-corrected chi connectivity index (χ3v) is 8.05. The molecule has 6 atom stereocenters. The van der Waals surface area contributed by atoms with Gasteiger partial charge in [0, 0.05) is 25.7 Å². The quantitative estimate of drug-likeness (QED) is 0.260. The fraction of sp³-hybridized carbons (Fsp3) is 0.538. The molecule has 2 fully saturated rings. The van der Waals surface area contributed by atoms with Crippen LogP contribution in [-0.4, -0.2) is 96.3 Å². The number of hydrogen-bond donors (Lipinski definition) is 4. The van der Waals surface area contributed by atoms with Crippen LogP contribution in [0.25, 0.3) is 0 Å². The van der Waals surface area contributed by atoms with Gasteiger partial charge in [-0.3, -0.25) is 33.7 Å². The average Bonchev–Trinajstić information content (AvgIpc) is 2.80. The summed E-state index contributed by atoms with van der Waals surface area (Å²) in [6, 6.07) is 0.455. The molecule has 3 aliphatic rings. The van der Waals surface area contributed by atoms with Crippen molar-refractivity contribution >= 4 is 46.2 Å². The van der Waals surface area contributed by atoms with Crippen LogP contribution in [0, 0.1) is 23.7 Å². The van der Waals surface area contributed by atoms with Crippen molar-refractivity contribution < 1.29 is 39.0 Å². The molecular formula is C26H32N4O8. The molecule has 12 heteroatoms. The lowest BCUT2D eigenvalue weighted by Gasteiger charge is -2.52. The third-order valence-electron chi connectivity index (χ3n) is 8.05. The molecule has 204 valence electrons. The van der Waals surface area contributed by atoms with E-state index >= 15 is 0 Å². The van der Waals surface area contributed by atoms with E-state index in [2.05, 4.69) is 5.32 Å². The summed E-state index contributed by atoms with van der Waals surface area (Å²) in [7, 11) is 6.56. The summed E-state index contributed by atoms with van der Waals surface area (Å²) < 4.78 is 0. The molecule has 0 aliphatic heterocycles. The fourth-order valence-corrected chi connectivity index (χ4v) is 6.41. The molecule has 0 radical (unpaired) electrons. The van der Waals surface area contributed by atoms with Crippen LogP contribution in [0.2, 0.25) is 0 Å². The highest BCUT2D eigenvalue weighted by Crippen LogP contribution is 2.52. The highest BCUT2D eigenvalue weighted by Gasteiger charge is 2.69. The van der Waals surface area contributed by atoms with Gasteiger partial charge in [0.25, 0.3) is 0 Å². The number of nitrogens with zero attached hydrogens (tertiary/aromatic N) is 2. The van der Waals surface area contributed by atoms with Crippen molar-refractivity contribution in [1.82, 2.24) is 4.90 Å². The van der Waals surface area contributed by atoms with Crippen LogP contribution in [0.4, 0.5) is 11.4 Å². The van der Waals surface area contributed by atoms with Crippen molar-refractivity contribution in [3.8, 4) is 5.75 Å². The second-order valence-corrected chi connectivity index (χ2v) is 10.9. The molecule has 5 N–H and O–H groups in total. The van der Waals surface area contributed by atoms with Gasteiger partial charge in [0.1, 0.15) is 11.5 Å². The first kappa shape index (κ1) is 27.4. The number of anilines is 2. The summed E-state index contributed by atoms with van der Waals surface area (Å²) in [4.78, 5) is 81.0. The van der Waals surface area contributed by atoms with Crippen LogP contribution in [-0.2, 0) is 30.4 Å². The van der Waals surface area contributed by atoms with E-state index in [1.165, 1.54) is 25.9 Å². The molecular weight excluding hydrogens is 496 g/mol. The van der Waals surface area contributed by atoms with Gasteiger partial charge < -0.3 is 26.2 Å². The van der Waals surface area contributed by atoms with Crippen molar-refractivity contribution in [2.24, 2.45) is 29.4 Å². The van der Waals surface area contributed by atoms with Crippen LogP contribution in [0.3, 0.4) is 0 Å². The van der Waals surface area contributed by atoms with Gasteiger partial charge in [-0.1, -0.05) is 0 Å². The molecule has 0 heterocycles. The molecule has 1 amide bonds. The summed E-state index contributed by atoms with van der Waals surface area (Å²) >= 11 is 0. The Morgan fingerprint density at radius 1 is 1.13 bits per heavy atom. The Morgan fingerprint density at radius 2 is 1.76 bits per heavy atom. The Balaban J connectivity index is 1.88. The summed E-state index contributed by atoms with van der Waals surface area (Å²) in [5.74, 6) is -11.3. The number of rotatable bonds is 6. The first-order valence-electron chi connectivity index (χ1n) is 12.3. The first-order chi connectivity index (χ1) is 17.6. The van der Waals surface area contributed by atoms with Gasteiger partial charge in [-0.15, -0.1) is 0 Å². The monoisotopic (exact) mass is 528 g/mol. The number of aliphatic hydroxyl groups is 1. The van der Waals surface area contributed by atoms with Gasteiger partial charge in [-0.05, 0) is 51.4 Å². The molecule has 2 saturated carbocycles. The largest absolute Gasteiger partial charge is 0.505 e. The van der Waals surface area contributed by atoms with Crippen molar-refractivity contribution in [3.63, 3.8) is 0 Å². The Bertz CT molecular complexity index is 1290. The number of likely N-dealkylation sites (N-methyl/N-ethyl adjacent to an activating group) is 1. The van der Waals surface area contributed by atoms with E-state index in [0.29, 0.717) is 11.3 Å². The van der Waals surface area contributed by atoms with Crippen LogP contribution in [0.5, 0.6) is 5.75 Å². The number of nitrogens with two attached hydrogens (primary N) is 1. The van der Waals surface area contributed by atoms with Crippen LogP contribution >= 0.6 is 0 Å². The second-order valence-electron chi connectivity index (χ2n) is 10.9. The molecule has 0 saturated heterocycles. The number of carbonyl (C=O) groups is 6. The number of primary amides is 1. The molecule has 38 heavy (non-hydrogen) atoms. The zero-order chi connectivity index (χ0) is 28.4. The maximum absolute atomic E-state index is 13.9. The average molecular weight is 529 g/mol. The number of phenols is 1. The molecule has 0 aromatic heterocycles. The van der Waals surface area contributed by atoms with E-state index in [0.717, 1.165) is 0 Å². The lowest BCUT2D eigenvalue weighted by atomic mass is 9.52. The SMILES string of the molecule is CC(=O)CNc1cc(N(C)C)c2c(c1O)C(=O)C1C(=O)[C@]3(O)C(=O)C(C(N)=O)C(=O)[C@@H](N(C)C)C3CC1C2. The number of fused-ring (bicyclic) bond motifs is 3. The standard InChI is InChI=1S/C26H32N4O8/c1-10(31)9-28-14-8-15(29(2)3)12-6-11-7-13-19(30(4)5)22(34)18(25(27)37)24(36)26(13,38)23(35)16(11)21(33)17(12)20(14)32/h8,11,13,16,18-19,28,32,38H,6-7,9H2,1-5H3,(H2,27,37)/t11?,13?,16?,18?,19-,26-/m0/s1. The van der Waals surface area contributed by atoms with Crippen LogP contribution in [0.1, 0.15) is 29.3 Å². The van der Waals surface area contributed by atoms with E-state index < -0.39 is 70.1 Å². The maximum atomic E-state index is 13.9. The van der Waals surface area contributed by atoms with E-state index in [1.54, 1.807) is 25.1 Å². The van der Waals surface area contributed by atoms with Gasteiger partial charge >= 0.3 is 0 Å². The van der Waals surface area contributed by atoms with Gasteiger partial charge in [-0.25, -0.2) is 0 Å². The van der Waals surface area contributed by atoms with Crippen molar-refractivity contribution in [1.29, 1.82) is 0 Å². The highest BCUT2D eigenvalue weighted by molar-refractivity contribution is 6.32. The normalized spacial score (nSPS) is 30.4. The van der Waals surface area contributed by atoms with Crippen molar-refractivity contribution in [2.75, 3.05) is 45.0 Å². The number of nitrogens with one attached hydrogen (secondary N) is 1. The number of carbonyl (C=O) groups excluding carboxylic acids is 6. The summed E-state index contributed by atoms with van der Waals surface area (Å²) in [6.45, 7) is 1.25. The number of hydrogen-bond acceptors (Lipinski definition) is 11. The summed E-state index contributed by atoms with van der Waals surface area (Å²) in [5, 5.41) is 25.5. The van der Waals surface area contributed by atoms with E-state index in [1.807, 2.05) is 0 Å². The smallest absolute Gasteiger partial charge is 0.235 e. The number of Topliss-reactive ketones (excluding diaryl/α,β-unsaturated/α-hetero) is 5. The zero-order valence-electron chi connectivity index (χ0n) is 21.9. The van der Waals surface area contributed by atoms with Crippen molar-refractivity contribution in [3.05, 3.63) is 17.2 Å². The molecule has 0 spiro atoms. The van der Waals surface area contributed by atoms with Crippen LogP contribution in [0.15, 0.2) is 6.07 Å². The van der Waals surface area contributed by atoms with E-state index in [4.69, 9.17) is 5.73 Å². The Hall–Kier alpha value is -3.64. The van der Waals surface area contributed by atoms with Crippen molar-refractivity contribution in [2.45, 2.75) is 31.4 Å². The Morgan fingerprint density at radius 3 is 2.29 bits per heavy atom. The molecule has 1 aromatic carbocycles. The van der Waals surface area contributed by atoms with E-state index in [9.17, 15) is 39.0 Å². The number of amides is 1. The van der Waals surface area contributed by atoms with E-state index in [-0.39, 0.29) is 36.4 Å². The molecule has 0 bridgehead atoms. The Labute approximate surface area is 219 Å². The van der Waals surface area contributed by atoms with Gasteiger partial charge in [0.05, 0.1) is 29.8 Å². The van der Waals surface area contributed by atoms with Gasteiger partial charge in [0.2, 0.25) is 5.91 Å². The molecule has 3 aliphatic carbocycles. The minimum atomic E-state index is -2.78.